The van der Waals surface area contributed by atoms with Crippen LogP contribution in [0.15, 0.2) is 18.2 Å². The minimum atomic E-state index is -4.46. The number of phenols is 1. The van der Waals surface area contributed by atoms with Gasteiger partial charge in [-0.25, -0.2) is 0 Å². The number of rotatable bonds is 4. The third kappa shape index (κ3) is 3.59. The molecular formula is C14H19F3N2O2. The van der Waals surface area contributed by atoms with Crippen molar-refractivity contribution in [3.05, 3.63) is 23.8 Å². The lowest BCUT2D eigenvalue weighted by atomic mass is 10.0. The van der Waals surface area contributed by atoms with Crippen molar-refractivity contribution >= 4 is 0 Å². The molecule has 118 valence electrons. The van der Waals surface area contributed by atoms with Crippen LogP contribution in [0.1, 0.15) is 18.5 Å². The van der Waals surface area contributed by atoms with Crippen LogP contribution >= 0.6 is 0 Å². The van der Waals surface area contributed by atoms with Gasteiger partial charge in [-0.05, 0) is 13.0 Å². The molecule has 1 aromatic rings. The molecule has 1 aliphatic rings. The molecule has 0 amide bonds. The largest absolute Gasteiger partial charge is 0.504 e. The van der Waals surface area contributed by atoms with Gasteiger partial charge in [0.05, 0.1) is 6.61 Å². The number of aromatic hydroxyl groups is 1. The SMILES string of the molecule is CCOc1cccc([C@H](N2CCNCC2)C(F)(F)F)c1O. The number of hydrogen-bond acceptors (Lipinski definition) is 4. The minimum Gasteiger partial charge on any atom is -0.504 e. The average molecular weight is 304 g/mol. The Morgan fingerprint density at radius 2 is 2.00 bits per heavy atom. The van der Waals surface area contributed by atoms with Crippen molar-refractivity contribution in [1.29, 1.82) is 0 Å². The molecule has 7 heteroatoms. The normalized spacial score (nSPS) is 18.5. The van der Waals surface area contributed by atoms with E-state index in [1.807, 2.05) is 0 Å². The molecule has 4 nitrogen and oxygen atoms in total. The van der Waals surface area contributed by atoms with Crippen molar-refractivity contribution < 1.29 is 23.0 Å². The van der Waals surface area contributed by atoms with Gasteiger partial charge in [0.1, 0.15) is 6.04 Å². The Morgan fingerprint density at radius 1 is 1.33 bits per heavy atom. The van der Waals surface area contributed by atoms with Crippen molar-refractivity contribution in [3.8, 4) is 11.5 Å². The number of benzene rings is 1. The summed E-state index contributed by atoms with van der Waals surface area (Å²) in [5.74, 6) is -0.348. The molecule has 2 N–H and O–H groups in total. The van der Waals surface area contributed by atoms with E-state index in [1.165, 1.54) is 23.1 Å². The summed E-state index contributed by atoms with van der Waals surface area (Å²) < 4.78 is 45.6. The Kier molecular flexibility index (Phi) is 4.95. The van der Waals surface area contributed by atoms with Crippen LogP contribution < -0.4 is 10.1 Å². The van der Waals surface area contributed by atoms with E-state index in [0.29, 0.717) is 13.1 Å². The molecule has 1 aliphatic heterocycles. The fourth-order valence-corrected chi connectivity index (χ4v) is 2.55. The summed E-state index contributed by atoms with van der Waals surface area (Å²) in [4.78, 5) is 1.33. The van der Waals surface area contributed by atoms with Gasteiger partial charge < -0.3 is 15.2 Å². The predicted octanol–water partition coefficient (Wildman–Crippen LogP) is 2.30. The lowest BCUT2D eigenvalue weighted by Gasteiger charge is -2.36. The third-order valence-electron chi connectivity index (χ3n) is 3.45. The number of piperazine rings is 1. The van der Waals surface area contributed by atoms with Crippen LogP contribution in [0, 0.1) is 0 Å². The highest BCUT2D eigenvalue weighted by atomic mass is 19.4. The summed E-state index contributed by atoms with van der Waals surface area (Å²) in [5.41, 5.74) is -0.157. The zero-order valence-corrected chi connectivity index (χ0v) is 11.8. The number of para-hydroxylation sites is 1. The van der Waals surface area contributed by atoms with E-state index < -0.39 is 18.0 Å². The number of nitrogens with one attached hydrogen (secondary N) is 1. The second kappa shape index (κ2) is 6.53. The van der Waals surface area contributed by atoms with Gasteiger partial charge in [0.15, 0.2) is 11.5 Å². The standard InChI is InChI=1S/C14H19F3N2O2/c1-2-21-11-5-3-4-10(12(11)20)13(14(15,16)17)19-8-6-18-7-9-19/h3-5,13,18,20H,2,6-9H2,1H3/t13-/m0/s1. The molecule has 1 atom stereocenters. The maximum absolute atomic E-state index is 13.5. The smallest absolute Gasteiger partial charge is 0.408 e. The van der Waals surface area contributed by atoms with Gasteiger partial charge in [-0.15, -0.1) is 0 Å². The number of ether oxygens (including phenoxy) is 1. The first-order chi connectivity index (χ1) is 9.95. The molecule has 0 bridgehead atoms. The van der Waals surface area contributed by atoms with Crippen LogP contribution in [0.4, 0.5) is 13.2 Å². The quantitative estimate of drug-likeness (QED) is 0.896. The fraction of sp³-hybridized carbons (Fsp3) is 0.571. The summed E-state index contributed by atoms with van der Waals surface area (Å²) in [6.45, 7) is 3.55. The maximum atomic E-state index is 13.5. The number of nitrogens with zero attached hydrogens (tertiary/aromatic N) is 1. The topological polar surface area (TPSA) is 44.7 Å². The highest BCUT2D eigenvalue weighted by molar-refractivity contribution is 5.47. The second-order valence-corrected chi connectivity index (χ2v) is 4.86. The van der Waals surface area contributed by atoms with Gasteiger partial charge in [-0.1, -0.05) is 12.1 Å². The molecule has 2 rings (SSSR count). The molecule has 21 heavy (non-hydrogen) atoms. The fourth-order valence-electron chi connectivity index (χ4n) is 2.55. The van der Waals surface area contributed by atoms with Crippen LogP contribution in [0.3, 0.4) is 0 Å². The highest BCUT2D eigenvalue weighted by Crippen LogP contribution is 2.44. The Bertz CT molecular complexity index is 474. The van der Waals surface area contributed by atoms with Crippen LogP contribution in [0.25, 0.3) is 0 Å². The lowest BCUT2D eigenvalue weighted by Crippen LogP contribution is -2.49. The number of phenolic OH excluding ortho intramolecular Hbond substituents is 1. The second-order valence-electron chi connectivity index (χ2n) is 4.86. The van der Waals surface area contributed by atoms with Crippen molar-refractivity contribution in [3.63, 3.8) is 0 Å². The molecule has 1 aromatic carbocycles. The van der Waals surface area contributed by atoms with E-state index in [-0.39, 0.29) is 31.0 Å². The highest BCUT2D eigenvalue weighted by Gasteiger charge is 2.46. The summed E-state index contributed by atoms with van der Waals surface area (Å²) in [5, 5.41) is 13.1. The molecule has 0 unspecified atom stereocenters. The van der Waals surface area contributed by atoms with Crippen molar-refractivity contribution in [2.45, 2.75) is 19.1 Å². The molecule has 0 saturated carbocycles. The Hall–Kier alpha value is -1.47. The summed E-state index contributed by atoms with van der Waals surface area (Å²) in [7, 11) is 0. The Balaban J connectivity index is 2.39. The zero-order valence-electron chi connectivity index (χ0n) is 11.8. The van der Waals surface area contributed by atoms with E-state index in [9.17, 15) is 18.3 Å². The summed E-state index contributed by atoms with van der Waals surface area (Å²) >= 11 is 0. The van der Waals surface area contributed by atoms with E-state index in [0.717, 1.165) is 0 Å². The lowest BCUT2D eigenvalue weighted by molar-refractivity contribution is -0.188. The molecule has 1 fully saturated rings. The van der Waals surface area contributed by atoms with Crippen LogP contribution in [0.2, 0.25) is 0 Å². The van der Waals surface area contributed by atoms with E-state index in [4.69, 9.17) is 4.74 Å². The third-order valence-corrected chi connectivity index (χ3v) is 3.45. The van der Waals surface area contributed by atoms with Crippen LogP contribution in [-0.2, 0) is 0 Å². The van der Waals surface area contributed by atoms with E-state index in [2.05, 4.69) is 5.32 Å². The molecule has 0 aromatic heterocycles. The van der Waals surface area contributed by atoms with Gasteiger partial charge >= 0.3 is 6.18 Å². The zero-order chi connectivity index (χ0) is 15.5. The first kappa shape index (κ1) is 15.9. The number of hydrogen-bond donors (Lipinski definition) is 2. The minimum absolute atomic E-state index is 0.0828. The van der Waals surface area contributed by atoms with Gasteiger partial charge in [0, 0.05) is 31.7 Å². The van der Waals surface area contributed by atoms with E-state index >= 15 is 0 Å². The van der Waals surface area contributed by atoms with Gasteiger partial charge in [-0.3, -0.25) is 4.90 Å². The van der Waals surface area contributed by atoms with Crippen LogP contribution in [-0.4, -0.2) is 49.0 Å². The Labute approximate surface area is 121 Å². The molecule has 1 saturated heterocycles. The molecule has 1 heterocycles. The molecule has 0 radical (unpaired) electrons. The monoisotopic (exact) mass is 304 g/mol. The van der Waals surface area contributed by atoms with Gasteiger partial charge in [0.2, 0.25) is 0 Å². The Morgan fingerprint density at radius 3 is 2.57 bits per heavy atom. The van der Waals surface area contributed by atoms with Crippen molar-refractivity contribution in [2.75, 3.05) is 32.8 Å². The first-order valence-corrected chi connectivity index (χ1v) is 6.91. The average Bonchev–Trinajstić information content (AvgIpc) is 2.43. The maximum Gasteiger partial charge on any atom is 0.408 e. The first-order valence-electron chi connectivity index (χ1n) is 6.91. The number of alkyl halides is 3. The molecule has 0 spiro atoms. The van der Waals surface area contributed by atoms with Gasteiger partial charge in [0.25, 0.3) is 0 Å². The molecular weight excluding hydrogens is 285 g/mol. The van der Waals surface area contributed by atoms with Gasteiger partial charge in [-0.2, -0.15) is 13.2 Å². The van der Waals surface area contributed by atoms with Crippen LogP contribution in [0.5, 0.6) is 11.5 Å². The number of halogens is 3. The van der Waals surface area contributed by atoms with E-state index in [1.54, 1.807) is 6.92 Å². The van der Waals surface area contributed by atoms with Crippen molar-refractivity contribution in [1.82, 2.24) is 10.2 Å². The predicted molar refractivity (Wildman–Crippen MR) is 72.5 cm³/mol. The summed E-state index contributed by atoms with van der Waals surface area (Å²) in [6.07, 6.45) is -4.46. The summed E-state index contributed by atoms with van der Waals surface area (Å²) in [6, 6.07) is 2.42. The van der Waals surface area contributed by atoms with Crippen molar-refractivity contribution in [2.24, 2.45) is 0 Å². The molecule has 0 aliphatic carbocycles.